The van der Waals surface area contributed by atoms with Gasteiger partial charge in [0.2, 0.25) is 5.91 Å². The first-order valence-electron chi connectivity index (χ1n) is 7.74. The van der Waals surface area contributed by atoms with E-state index in [1.807, 2.05) is 24.5 Å². The number of ether oxygens (including phenoxy) is 1. The van der Waals surface area contributed by atoms with Gasteiger partial charge in [-0.3, -0.25) is 4.79 Å². The Morgan fingerprint density at radius 3 is 2.61 bits per heavy atom. The average molecular weight is 356 g/mol. The van der Waals surface area contributed by atoms with E-state index >= 15 is 0 Å². The number of rotatable bonds is 11. The molecule has 1 amide bonds. The summed E-state index contributed by atoms with van der Waals surface area (Å²) in [5.74, 6) is 2.00. The van der Waals surface area contributed by atoms with Crippen molar-refractivity contribution in [1.82, 2.24) is 5.32 Å². The molecule has 0 heterocycles. The smallest absolute Gasteiger partial charge is 0.328 e. The molecule has 1 atom stereocenters. The highest BCUT2D eigenvalue weighted by Crippen LogP contribution is 2.12. The molecule has 0 fully saturated rings. The fourth-order valence-corrected chi connectivity index (χ4v) is 3.30. The third-order valence-electron chi connectivity index (χ3n) is 3.10. The van der Waals surface area contributed by atoms with Crippen molar-refractivity contribution in [2.24, 2.45) is 0 Å². The van der Waals surface area contributed by atoms with Crippen molar-refractivity contribution in [1.29, 1.82) is 0 Å². The SMILES string of the molecule is CCOC(=O)[C@H](CCSC)NC(=O)CCSCc1ccccc1. The van der Waals surface area contributed by atoms with Gasteiger partial charge in [-0.1, -0.05) is 30.3 Å². The number of carbonyl (C=O) groups is 2. The van der Waals surface area contributed by atoms with Gasteiger partial charge in [0.1, 0.15) is 6.04 Å². The number of carbonyl (C=O) groups excluding carboxylic acids is 2. The van der Waals surface area contributed by atoms with Crippen LogP contribution < -0.4 is 5.32 Å². The van der Waals surface area contributed by atoms with Crippen molar-refractivity contribution in [3.05, 3.63) is 35.9 Å². The van der Waals surface area contributed by atoms with Crippen LogP contribution in [0, 0.1) is 0 Å². The monoisotopic (exact) mass is 355 g/mol. The lowest BCUT2D eigenvalue weighted by molar-refractivity contribution is -0.147. The Morgan fingerprint density at radius 1 is 1.22 bits per heavy atom. The van der Waals surface area contributed by atoms with Crippen LogP contribution in [0.4, 0.5) is 0 Å². The summed E-state index contributed by atoms with van der Waals surface area (Å²) in [6, 6.07) is 9.63. The van der Waals surface area contributed by atoms with Gasteiger partial charge >= 0.3 is 5.97 Å². The maximum absolute atomic E-state index is 12.0. The van der Waals surface area contributed by atoms with E-state index in [9.17, 15) is 9.59 Å². The van der Waals surface area contributed by atoms with Crippen molar-refractivity contribution < 1.29 is 14.3 Å². The van der Waals surface area contributed by atoms with Crippen LogP contribution in [0.3, 0.4) is 0 Å². The predicted molar refractivity (Wildman–Crippen MR) is 98.8 cm³/mol. The Balaban J connectivity index is 2.29. The molecule has 1 aromatic rings. The van der Waals surface area contributed by atoms with Crippen LogP contribution in [0.25, 0.3) is 0 Å². The molecule has 0 aromatic heterocycles. The molecule has 23 heavy (non-hydrogen) atoms. The number of thioether (sulfide) groups is 2. The van der Waals surface area contributed by atoms with Gasteiger partial charge in [0.15, 0.2) is 0 Å². The van der Waals surface area contributed by atoms with Gasteiger partial charge in [0.05, 0.1) is 6.61 Å². The second-order valence-corrected chi connectivity index (χ2v) is 7.03. The molecule has 0 bridgehead atoms. The summed E-state index contributed by atoms with van der Waals surface area (Å²) in [6.07, 6.45) is 2.99. The van der Waals surface area contributed by atoms with Crippen LogP contribution in [0.1, 0.15) is 25.3 Å². The summed E-state index contributed by atoms with van der Waals surface area (Å²) < 4.78 is 5.02. The van der Waals surface area contributed by atoms with Crippen LogP contribution in [-0.2, 0) is 20.1 Å². The number of hydrogen-bond acceptors (Lipinski definition) is 5. The third kappa shape index (κ3) is 8.91. The largest absolute Gasteiger partial charge is 0.464 e. The number of benzene rings is 1. The number of hydrogen-bond donors (Lipinski definition) is 1. The lowest BCUT2D eigenvalue weighted by Crippen LogP contribution is -2.42. The highest BCUT2D eigenvalue weighted by molar-refractivity contribution is 7.98. The second-order valence-electron chi connectivity index (χ2n) is 4.94. The molecular formula is C17H25NO3S2. The molecule has 6 heteroatoms. The van der Waals surface area contributed by atoms with Gasteiger partial charge in [-0.05, 0) is 30.9 Å². The van der Waals surface area contributed by atoms with Gasteiger partial charge in [-0.2, -0.15) is 23.5 Å². The Hall–Kier alpha value is -1.14. The van der Waals surface area contributed by atoms with Crippen molar-refractivity contribution >= 4 is 35.4 Å². The van der Waals surface area contributed by atoms with E-state index < -0.39 is 6.04 Å². The fraction of sp³-hybridized carbons (Fsp3) is 0.529. The lowest BCUT2D eigenvalue weighted by atomic mass is 10.2. The minimum Gasteiger partial charge on any atom is -0.464 e. The standard InChI is InChI=1S/C17H25NO3S2/c1-3-21-17(20)15(9-11-22-2)18-16(19)10-12-23-13-14-7-5-4-6-8-14/h4-8,15H,3,9-13H2,1-2H3,(H,18,19)/t15-/m0/s1. The van der Waals surface area contributed by atoms with E-state index in [1.165, 1.54) is 5.56 Å². The third-order valence-corrected chi connectivity index (χ3v) is 4.78. The zero-order chi connectivity index (χ0) is 16.9. The molecule has 0 aliphatic rings. The molecule has 1 rings (SSSR count). The number of nitrogens with one attached hydrogen (secondary N) is 1. The van der Waals surface area contributed by atoms with Gasteiger partial charge in [-0.15, -0.1) is 0 Å². The normalized spacial score (nSPS) is 11.7. The zero-order valence-electron chi connectivity index (χ0n) is 13.7. The van der Waals surface area contributed by atoms with Crippen molar-refractivity contribution in [3.8, 4) is 0 Å². The molecule has 0 spiro atoms. The van der Waals surface area contributed by atoms with Crippen LogP contribution >= 0.6 is 23.5 Å². The maximum Gasteiger partial charge on any atom is 0.328 e. The van der Waals surface area contributed by atoms with Crippen molar-refractivity contribution in [2.75, 3.05) is 24.4 Å². The lowest BCUT2D eigenvalue weighted by Gasteiger charge is -2.16. The van der Waals surface area contributed by atoms with E-state index in [0.717, 1.165) is 17.3 Å². The molecule has 0 saturated carbocycles. The van der Waals surface area contributed by atoms with Gasteiger partial charge in [0, 0.05) is 17.9 Å². The fourth-order valence-electron chi connectivity index (χ4n) is 1.92. The minimum absolute atomic E-state index is 0.0929. The topological polar surface area (TPSA) is 55.4 Å². The molecule has 4 nitrogen and oxygen atoms in total. The van der Waals surface area contributed by atoms with E-state index in [-0.39, 0.29) is 11.9 Å². The van der Waals surface area contributed by atoms with E-state index in [4.69, 9.17) is 4.74 Å². The number of amides is 1. The highest BCUT2D eigenvalue weighted by atomic mass is 32.2. The van der Waals surface area contributed by atoms with Crippen LogP contribution in [0.5, 0.6) is 0 Å². The van der Waals surface area contributed by atoms with Gasteiger partial charge in [0.25, 0.3) is 0 Å². The van der Waals surface area contributed by atoms with E-state index in [0.29, 0.717) is 19.4 Å². The summed E-state index contributed by atoms with van der Waals surface area (Å²) in [6.45, 7) is 2.10. The number of esters is 1. The highest BCUT2D eigenvalue weighted by Gasteiger charge is 2.21. The zero-order valence-corrected chi connectivity index (χ0v) is 15.4. The maximum atomic E-state index is 12.0. The summed E-state index contributed by atoms with van der Waals surface area (Å²) in [5.41, 5.74) is 1.25. The summed E-state index contributed by atoms with van der Waals surface area (Å²) >= 11 is 3.37. The van der Waals surface area contributed by atoms with Crippen LogP contribution in [-0.4, -0.2) is 42.3 Å². The minimum atomic E-state index is -0.533. The van der Waals surface area contributed by atoms with Crippen molar-refractivity contribution in [3.63, 3.8) is 0 Å². The molecule has 0 saturated heterocycles. The Labute approximate surface area is 147 Å². The Bertz CT molecular complexity index is 468. The molecule has 0 radical (unpaired) electrons. The van der Waals surface area contributed by atoms with Crippen LogP contribution in [0.15, 0.2) is 30.3 Å². The van der Waals surface area contributed by atoms with Crippen LogP contribution in [0.2, 0.25) is 0 Å². The Morgan fingerprint density at radius 2 is 1.96 bits per heavy atom. The second kappa shape index (κ2) is 12.3. The average Bonchev–Trinajstić information content (AvgIpc) is 2.56. The summed E-state index contributed by atoms with van der Waals surface area (Å²) in [5, 5.41) is 2.79. The Kier molecular flexibility index (Phi) is 10.6. The van der Waals surface area contributed by atoms with E-state index in [2.05, 4.69) is 17.4 Å². The molecule has 0 unspecified atom stereocenters. The van der Waals surface area contributed by atoms with E-state index in [1.54, 1.807) is 30.4 Å². The molecule has 1 aromatic carbocycles. The van der Waals surface area contributed by atoms with Gasteiger partial charge in [-0.25, -0.2) is 4.79 Å². The summed E-state index contributed by atoms with van der Waals surface area (Å²) in [7, 11) is 0. The first kappa shape index (κ1) is 19.9. The quantitative estimate of drug-likeness (QED) is 0.488. The predicted octanol–water partition coefficient (Wildman–Crippen LogP) is 3.11. The van der Waals surface area contributed by atoms with Crippen molar-refractivity contribution in [2.45, 2.75) is 31.6 Å². The molecule has 0 aliphatic carbocycles. The summed E-state index contributed by atoms with van der Waals surface area (Å²) in [4.78, 5) is 23.8. The molecule has 128 valence electrons. The molecular weight excluding hydrogens is 330 g/mol. The molecule has 1 N–H and O–H groups in total. The molecule has 0 aliphatic heterocycles. The first-order chi connectivity index (χ1) is 11.2. The van der Waals surface area contributed by atoms with Gasteiger partial charge < -0.3 is 10.1 Å². The first-order valence-corrected chi connectivity index (χ1v) is 10.3.